The summed E-state index contributed by atoms with van der Waals surface area (Å²) in [5.74, 6) is 0.146. The lowest BCUT2D eigenvalue weighted by Gasteiger charge is -2.30. The van der Waals surface area contributed by atoms with E-state index in [0.717, 1.165) is 37.2 Å². The first kappa shape index (κ1) is 21.2. The van der Waals surface area contributed by atoms with Gasteiger partial charge in [-0.3, -0.25) is 9.48 Å². The van der Waals surface area contributed by atoms with Gasteiger partial charge in [-0.2, -0.15) is 5.10 Å². The van der Waals surface area contributed by atoms with E-state index in [1.807, 2.05) is 18.7 Å². The van der Waals surface area contributed by atoms with Crippen molar-refractivity contribution in [3.8, 4) is 0 Å². The fourth-order valence-corrected chi connectivity index (χ4v) is 2.94. The van der Waals surface area contributed by atoms with Gasteiger partial charge in [0.05, 0.1) is 5.69 Å². The van der Waals surface area contributed by atoms with E-state index >= 15 is 0 Å². The smallest absolute Gasteiger partial charge is 0.220 e. The fraction of sp³-hybridized carbons (Fsp3) is 0.733. The minimum Gasteiger partial charge on any atom is -0.352 e. The van der Waals surface area contributed by atoms with Crippen molar-refractivity contribution in [2.24, 2.45) is 7.05 Å². The maximum Gasteiger partial charge on any atom is 0.220 e. The Hall–Kier alpha value is -0.780. The van der Waals surface area contributed by atoms with Gasteiger partial charge in [0, 0.05) is 31.2 Å². The lowest BCUT2D eigenvalue weighted by molar-refractivity contribution is -0.122. The third kappa shape index (κ3) is 5.14. The molecular formula is C15H28Cl2N4O. The lowest BCUT2D eigenvalue weighted by Crippen LogP contribution is -2.51. The van der Waals surface area contributed by atoms with Crippen molar-refractivity contribution < 1.29 is 4.79 Å². The molecule has 5 nitrogen and oxygen atoms in total. The molecule has 2 rings (SSSR count). The minimum absolute atomic E-state index is 0. The molecule has 2 atom stereocenters. The van der Waals surface area contributed by atoms with E-state index in [1.54, 1.807) is 0 Å². The van der Waals surface area contributed by atoms with E-state index in [2.05, 4.69) is 29.6 Å². The van der Waals surface area contributed by atoms with Crippen LogP contribution in [0.15, 0.2) is 0 Å². The van der Waals surface area contributed by atoms with Crippen molar-refractivity contribution in [3.63, 3.8) is 0 Å². The number of carbonyl (C=O) groups is 1. The Kier molecular flexibility index (Phi) is 9.05. The number of halogens is 2. The molecule has 0 spiro atoms. The molecule has 1 aliphatic rings. The second-order valence-corrected chi connectivity index (χ2v) is 5.83. The van der Waals surface area contributed by atoms with Crippen LogP contribution in [-0.4, -0.2) is 34.3 Å². The van der Waals surface area contributed by atoms with Gasteiger partial charge in [0.15, 0.2) is 0 Å². The number of nitrogens with zero attached hydrogens (tertiary/aromatic N) is 2. The highest BCUT2D eigenvalue weighted by molar-refractivity contribution is 5.85. The molecule has 2 heterocycles. The average molecular weight is 351 g/mol. The quantitative estimate of drug-likeness (QED) is 0.873. The molecule has 0 saturated carbocycles. The summed E-state index contributed by atoms with van der Waals surface area (Å²) in [6.45, 7) is 7.26. The van der Waals surface area contributed by atoms with Crippen molar-refractivity contribution in [2.75, 3.05) is 6.54 Å². The normalized spacial score (nSPS) is 20.7. The molecule has 2 N–H and O–H groups in total. The van der Waals surface area contributed by atoms with Crippen molar-refractivity contribution in [1.82, 2.24) is 20.4 Å². The molecule has 1 saturated heterocycles. The number of hydrogen-bond acceptors (Lipinski definition) is 3. The van der Waals surface area contributed by atoms with Gasteiger partial charge in [0.1, 0.15) is 0 Å². The first-order valence-electron chi connectivity index (χ1n) is 7.51. The zero-order valence-electron chi connectivity index (χ0n) is 13.8. The number of rotatable bonds is 4. The lowest BCUT2D eigenvalue weighted by atomic mass is 9.99. The fourth-order valence-electron chi connectivity index (χ4n) is 2.94. The summed E-state index contributed by atoms with van der Waals surface area (Å²) in [4.78, 5) is 12.1. The maximum absolute atomic E-state index is 12.1. The molecule has 1 amide bonds. The van der Waals surface area contributed by atoms with Crippen LogP contribution < -0.4 is 10.6 Å². The van der Waals surface area contributed by atoms with Crippen molar-refractivity contribution >= 4 is 30.7 Å². The van der Waals surface area contributed by atoms with Gasteiger partial charge in [0.2, 0.25) is 5.91 Å². The first-order valence-corrected chi connectivity index (χ1v) is 7.51. The van der Waals surface area contributed by atoms with E-state index in [0.29, 0.717) is 12.5 Å². The predicted molar refractivity (Wildman–Crippen MR) is 94.1 cm³/mol. The molecule has 7 heteroatoms. The zero-order valence-corrected chi connectivity index (χ0v) is 15.4. The number of carbonyl (C=O) groups excluding carboxylic acids is 1. The summed E-state index contributed by atoms with van der Waals surface area (Å²) in [7, 11) is 1.95. The van der Waals surface area contributed by atoms with Gasteiger partial charge in [-0.15, -0.1) is 24.8 Å². The highest BCUT2D eigenvalue weighted by atomic mass is 35.5. The van der Waals surface area contributed by atoms with Crippen molar-refractivity contribution in [1.29, 1.82) is 0 Å². The second kappa shape index (κ2) is 9.38. The number of hydrogen-bond donors (Lipinski definition) is 2. The third-order valence-electron chi connectivity index (χ3n) is 4.37. The number of aryl methyl sites for hydroxylation is 2. The van der Waals surface area contributed by atoms with Gasteiger partial charge in [-0.25, -0.2) is 0 Å². The first-order chi connectivity index (χ1) is 9.49. The van der Waals surface area contributed by atoms with Gasteiger partial charge in [0.25, 0.3) is 0 Å². The Morgan fingerprint density at radius 2 is 2.09 bits per heavy atom. The molecule has 128 valence electrons. The maximum atomic E-state index is 12.1. The zero-order chi connectivity index (χ0) is 14.7. The molecule has 0 aliphatic carbocycles. The molecule has 1 aromatic rings. The summed E-state index contributed by atoms with van der Waals surface area (Å²) in [6, 6.07) is 0.641. The van der Waals surface area contributed by atoms with E-state index in [-0.39, 0.29) is 36.8 Å². The number of nitrogens with one attached hydrogen (secondary N) is 2. The van der Waals surface area contributed by atoms with Crippen LogP contribution in [0.4, 0.5) is 0 Å². The predicted octanol–water partition coefficient (Wildman–Crippen LogP) is 2.07. The summed E-state index contributed by atoms with van der Waals surface area (Å²) in [5, 5.41) is 11.0. The van der Waals surface area contributed by atoms with Gasteiger partial charge in [-0.05, 0) is 52.1 Å². The number of amides is 1. The molecular weight excluding hydrogens is 323 g/mol. The van der Waals surface area contributed by atoms with E-state index in [4.69, 9.17) is 0 Å². The van der Waals surface area contributed by atoms with E-state index in [9.17, 15) is 4.79 Å². The molecule has 0 bridgehead atoms. The second-order valence-electron chi connectivity index (χ2n) is 5.83. The SMILES string of the molecule is Cc1nn(C)c(C)c1CCC(=O)NC1CCCNC1C.Cl.Cl. The largest absolute Gasteiger partial charge is 0.352 e. The highest BCUT2D eigenvalue weighted by Gasteiger charge is 2.22. The van der Waals surface area contributed by atoms with E-state index in [1.165, 1.54) is 5.56 Å². The van der Waals surface area contributed by atoms with Crippen molar-refractivity contribution in [3.05, 3.63) is 17.0 Å². The van der Waals surface area contributed by atoms with Crippen molar-refractivity contribution in [2.45, 2.75) is 58.5 Å². The Morgan fingerprint density at radius 3 is 2.64 bits per heavy atom. The Balaban J connectivity index is 0.00000220. The van der Waals surface area contributed by atoms with Gasteiger partial charge < -0.3 is 10.6 Å². The van der Waals surface area contributed by atoms with Crippen LogP contribution >= 0.6 is 24.8 Å². The standard InChI is InChI=1S/C15H26N4O.2ClH/c1-10-13(12(3)19(4)18-10)7-8-15(20)17-14-6-5-9-16-11(14)2;;/h11,14,16H,5-9H2,1-4H3,(H,17,20);2*1H. The van der Waals surface area contributed by atoms with Crippen LogP contribution in [0.2, 0.25) is 0 Å². The summed E-state index contributed by atoms with van der Waals surface area (Å²) in [5.41, 5.74) is 3.39. The van der Waals surface area contributed by atoms with Gasteiger partial charge >= 0.3 is 0 Å². The summed E-state index contributed by atoms with van der Waals surface area (Å²) < 4.78 is 1.88. The Morgan fingerprint density at radius 1 is 1.41 bits per heavy atom. The molecule has 0 aromatic carbocycles. The van der Waals surface area contributed by atoms with Crippen LogP contribution in [0.1, 0.15) is 43.1 Å². The van der Waals surface area contributed by atoms with Crippen LogP contribution in [0.5, 0.6) is 0 Å². The van der Waals surface area contributed by atoms with Gasteiger partial charge in [-0.1, -0.05) is 0 Å². The van der Waals surface area contributed by atoms with Crippen LogP contribution in [0.3, 0.4) is 0 Å². The molecule has 1 fully saturated rings. The topological polar surface area (TPSA) is 59.0 Å². The molecule has 1 aliphatic heterocycles. The van der Waals surface area contributed by atoms with Crippen LogP contribution in [0.25, 0.3) is 0 Å². The molecule has 0 radical (unpaired) electrons. The number of aromatic nitrogens is 2. The molecule has 2 unspecified atom stereocenters. The highest BCUT2D eigenvalue weighted by Crippen LogP contribution is 2.14. The third-order valence-corrected chi connectivity index (χ3v) is 4.37. The summed E-state index contributed by atoms with van der Waals surface area (Å²) >= 11 is 0. The van der Waals surface area contributed by atoms with Crippen LogP contribution in [-0.2, 0) is 18.3 Å². The van der Waals surface area contributed by atoms with Crippen LogP contribution in [0, 0.1) is 13.8 Å². The monoisotopic (exact) mass is 350 g/mol. The van der Waals surface area contributed by atoms with E-state index < -0.39 is 0 Å². The minimum atomic E-state index is 0. The summed E-state index contributed by atoms with van der Waals surface area (Å²) in [6.07, 6.45) is 3.52. The Bertz CT molecular complexity index is 490. The molecule has 1 aromatic heterocycles. The average Bonchev–Trinajstić information content (AvgIpc) is 2.64. The molecule has 22 heavy (non-hydrogen) atoms. The number of piperidine rings is 1. The Labute approximate surface area is 145 Å².